The molecule has 188 valence electrons. The topological polar surface area (TPSA) is 105 Å². The minimum atomic E-state index is -0.963. The molecule has 0 spiro atoms. The fraction of sp³-hybridized carbons (Fsp3) is 0.621. The zero-order chi connectivity index (χ0) is 25.0. The van der Waals surface area contributed by atoms with Gasteiger partial charge in [-0.05, 0) is 104 Å². The number of carboxylic acids is 1. The number of carbonyl (C=O) groups is 2. The predicted octanol–water partition coefficient (Wildman–Crippen LogP) is 4.57. The third-order valence-electron chi connectivity index (χ3n) is 10.1. The molecule has 2 saturated carbocycles. The molecule has 4 aliphatic rings. The summed E-state index contributed by atoms with van der Waals surface area (Å²) >= 11 is 0. The fourth-order valence-corrected chi connectivity index (χ4v) is 8.18. The van der Waals surface area contributed by atoms with E-state index >= 15 is 0 Å². The summed E-state index contributed by atoms with van der Waals surface area (Å²) < 4.78 is 0. The van der Waals surface area contributed by atoms with Crippen LogP contribution in [-0.4, -0.2) is 34.1 Å². The van der Waals surface area contributed by atoms with Gasteiger partial charge in [-0.3, -0.25) is 9.78 Å². The largest absolute Gasteiger partial charge is 0.480 e. The molecule has 1 aromatic heterocycles. The number of amides is 1. The van der Waals surface area contributed by atoms with E-state index in [2.05, 4.69) is 42.4 Å². The van der Waals surface area contributed by atoms with Crippen LogP contribution in [0.15, 0.2) is 42.3 Å². The van der Waals surface area contributed by atoms with Crippen molar-refractivity contribution in [2.45, 2.75) is 77.8 Å². The molecule has 1 unspecified atom stereocenters. The van der Waals surface area contributed by atoms with Crippen molar-refractivity contribution < 1.29 is 14.7 Å². The highest BCUT2D eigenvalue weighted by molar-refractivity contribution is 5.86. The smallest absolute Gasteiger partial charge is 0.326 e. The summed E-state index contributed by atoms with van der Waals surface area (Å²) in [5, 5.41) is 12.6. The van der Waals surface area contributed by atoms with Gasteiger partial charge in [0.15, 0.2) is 0 Å². The first kappa shape index (κ1) is 24.2. The maximum Gasteiger partial charge on any atom is 0.326 e. The molecule has 2 fully saturated rings. The van der Waals surface area contributed by atoms with E-state index < -0.39 is 24.0 Å². The van der Waals surface area contributed by atoms with Gasteiger partial charge in [-0.1, -0.05) is 37.6 Å². The van der Waals surface area contributed by atoms with Gasteiger partial charge in [-0.15, -0.1) is 0 Å². The second-order valence-electron chi connectivity index (χ2n) is 11.9. The second kappa shape index (κ2) is 8.88. The minimum Gasteiger partial charge on any atom is -0.480 e. The van der Waals surface area contributed by atoms with Gasteiger partial charge < -0.3 is 16.2 Å². The van der Waals surface area contributed by atoms with Crippen molar-refractivity contribution >= 4 is 17.4 Å². The molecule has 1 aromatic rings. The van der Waals surface area contributed by atoms with E-state index in [0.717, 1.165) is 32.1 Å². The summed E-state index contributed by atoms with van der Waals surface area (Å²) in [4.78, 5) is 28.6. The molecule has 1 amide bonds. The van der Waals surface area contributed by atoms with E-state index in [4.69, 9.17) is 5.73 Å². The summed E-state index contributed by atoms with van der Waals surface area (Å²) in [6, 6.07) is 2.64. The van der Waals surface area contributed by atoms with Crippen LogP contribution in [0.1, 0.15) is 71.3 Å². The fourth-order valence-electron chi connectivity index (χ4n) is 8.18. The highest BCUT2D eigenvalue weighted by atomic mass is 16.4. The molecule has 0 radical (unpaired) electrons. The number of nitrogens with one attached hydrogen (secondary N) is 1. The SMILES string of the molecule is C[C@H](N)C(=O)NC(C(=O)O)[C@H]1CC[C@@]2(C)C(=CC[C@@H]3[C@@H]2CC[C@]2(C)C(c4cccnc4)=CC[C@@H]32)C1. The van der Waals surface area contributed by atoms with Gasteiger partial charge in [0.1, 0.15) is 6.04 Å². The summed E-state index contributed by atoms with van der Waals surface area (Å²) in [5.74, 6) is 0.470. The number of nitrogens with zero attached hydrogens (tertiary/aromatic N) is 1. The summed E-state index contributed by atoms with van der Waals surface area (Å²) in [7, 11) is 0. The molecule has 6 heteroatoms. The number of aliphatic carboxylic acids is 1. The lowest BCUT2D eigenvalue weighted by molar-refractivity contribution is -0.144. The molecule has 35 heavy (non-hydrogen) atoms. The molecule has 6 nitrogen and oxygen atoms in total. The van der Waals surface area contributed by atoms with Crippen LogP contribution in [0.4, 0.5) is 0 Å². The van der Waals surface area contributed by atoms with Gasteiger partial charge in [0.05, 0.1) is 6.04 Å². The van der Waals surface area contributed by atoms with Crippen LogP contribution in [0.3, 0.4) is 0 Å². The van der Waals surface area contributed by atoms with Crippen molar-refractivity contribution in [3.05, 3.63) is 47.8 Å². The maximum atomic E-state index is 12.2. The predicted molar refractivity (Wildman–Crippen MR) is 136 cm³/mol. The lowest BCUT2D eigenvalue weighted by atomic mass is 9.46. The number of nitrogens with two attached hydrogens (primary N) is 1. The quantitative estimate of drug-likeness (QED) is 0.539. The summed E-state index contributed by atoms with van der Waals surface area (Å²) in [5.41, 5.74) is 10.2. The first-order valence-electron chi connectivity index (χ1n) is 13.2. The van der Waals surface area contributed by atoms with Crippen molar-refractivity contribution in [1.82, 2.24) is 10.3 Å². The van der Waals surface area contributed by atoms with Gasteiger partial charge in [0.25, 0.3) is 0 Å². The van der Waals surface area contributed by atoms with E-state index in [1.807, 2.05) is 18.5 Å². The monoisotopic (exact) mass is 477 g/mol. The number of allylic oxidation sites excluding steroid dienone is 4. The van der Waals surface area contributed by atoms with E-state index in [-0.39, 0.29) is 16.7 Å². The standard InChI is InChI=1S/C29H39N3O3/c1-17(30)26(33)32-25(27(34)35)18-10-12-28(2)20(15-18)6-7-21-23-9-8-22(19-5-4-14-31-16-19)29(23,3)13-11-24(21)28/h4-6,8,14,16-18,21,23-25H,7,9-13,15,30H2,1-3H3,(H,32,33)(H,34,35)/t17-,18-,21-,23-,24-,25?,28-,29+/m0/s1. The second-order valence-corrected chi connectivity index (χ2v) is 11.9. The first-order valence-corrected chi connectivity index (χ1v) is 13.2. The number of fused-ring (bicyclic) bond motifs is 5. The Bertz CT molecular complexity index is 1060. The van der Waals surface area contributed by atoms with Gasteiger partial charge in [0.2, 0.25) is 5.91 Å². The van der Waals surface area contributed by atoms with Gasteiger partial charge in [-0.2, -0.15) is 0 Å². The Kier molecular flexibility index (Phi) is 6.15. The van der Waals surface area contributed by atoms with Crippen molar-refractivity contribution in [1.29, 1.82) is 0 Å². The number of rotatable bonds is 5. The molecule has 0 aliphatic heterocycles. The number of hydrogen-bond donors (Lipinski definition) is 3. The Labute approximate surface area is 208 Å². The normalized spacial score (nSPS) is 37.6. The molecule has 0 aromatic carbocycles. The first-order chi connectivity index (χ1) is 16.6. The van der Waals surface area contributed by atoms with Gasteiger partial charge in [-0.25, -0.2) is 4.79 Å². The molecule has 4 aliphatic carbocycles. The highest BCUT2D eigenvalue weighted by Crippen LogP contribution is 2.66. The average Bonchev–Trinajstić information content (AvgIpc) is 3.19. The zero-order valence-corrected chi connectivity index (χ0v) is 21.2. The summed E-state index contributed by atoms with van der Waals surface area (Å²) in [6.45, 7) is 6.48. The molecule has 0 bridgehead atoms. The molecule has 1 heterocycles. The number of carboxylic acid groups (broad SMARTS) is 1. The van der Waals surface area contributed by atoms with E-state index in [9.17, 15) is 14.7 Å². The van der Waals surface area contributed by atoms with Crippen molar-refractivity contribution in [2.75, 3.05) is 0 Å². The summed E-state index contributed by atoms with van der Waals surface area (Å²) in [6.07, 6.45) is 15.9. The van der Waals surface area contributed by atoms with Gasteiger partial charge >= 0.3 is 5.97 Å². The number of pyridine rings is 1. The van der Waals surface area contributed by atoms with Crippen LogP contribution >= 0.6 is 0 Å². The Morgan fingerprint density at radius 2 is 1.91 bits per heavy atom. The van der Waals surface area contributed by atoms with Crippen LogP contribution in [0.25, 0.3) is 5.57 Å². The van der Waals surface area contributed by atoms with Crippen LogP contribution < -0.4 is 11.1 Å². The molecule has 5 rings (SSSR count). The van der Waals surface area contributed by atoms with Crippen molar-refractivity contribution in [3.8, 4) is 0 Å². The van der Waals surface area contributed by atoms with Gasteiger partial charge in [0, 0.05) is 12.4 Å². The number of hydrogen-bond acceptors (Lipinski definition) is 4. The highest BCUT2D eigenvalue weighted by Gasteiger charge is 2.57. The van der Waals surface area contributed by atoms with Crippen molar-refractivity contribution in [2.24, 2.45) is 40.2 Å². The Hall–Kier alpha value is -2.47. The van der Waals surface area contributed by atoms with Crippen molar-refractivity contribution in [3.63, 3.8) is 0 Å². The lowest BCUT2D eigenvalue weighted by Crippen LogP contribution is -2.54. The van der Waals surface area contributed by atoms with Crippen LogP contribution in [-0.2, 0) is 9.59 Å². The van der Waals surface area contributed by atoms with E-state index in [1.165, 1.54) is 29.6 Å². The maximum absolute atomic E-state index is 12.2. The molecular formula is C29H39N3O3. The number of carbonyl (C=O) groups excluding carboxylic acids is 1. The van der Waals surface area contributed by atoms with E-state index in [1.54, 1.807) is 6.92 Å². The van der Waals surface area contributed by atoms with Crippen LogP contribution in [0.2, 0.25) is 0 Å². The third kappa shape index (κ3) is 3.94. The zero-order valence-electron chi connectivity index (χ0n) is 21.2. The average molecular weight is 478 g/mol. The molecule has 0 saturated heterocycles. The molecular weight excluding hydrogens is 438 g/mol. The lowest BCUT2D eigenvalue weighted by Gasteiger charge is -2.58. The number of aromatic nitrogens is 1. The van der Waals surface area contributed by atoms with Crippen LogP contribution in [0, 0.1) is 34.5 Å². The Morgan fingerprint density at radius 1 is 1.14 bits per heavy atom. The Morgan fingerprint density at radius 3 is 2.60 bits per heavy atom. The van der Waals surface area contributed by atoms with E-state index in [0.29, 0.717) is 17.8 Å². The third-order valence-corrected chi connectivity index (χ3v) is 10.1. The van der Waals surface area contributed by atoms with Crippen LogP contribution in [0.5, 0.6) is 0 Å². The molecule has 4 N–H and O–H groups in total. The minimum absolute atomic E-state index is 0.0924. The Balaban J connectivity index is 1.36. The molecule has 8 atom stereocenters.